The zero-order valence-corrected chi connectivity index (χ0v) is 14.9. The Morgan fingerprint density at radius 2 is 2.16 bits per heavy atom. The second-order valence-electron chi connectivity index (χ2n) is 6.84. The molecule has 25 heavy (non-hydrogen) atoms. The van der Waals surface area contributed by atoms with Crippen molar-refractivity contribution in [3.05, 3.63) is 34.9 Å². The van der Waals surface area contributed by atoms with E-state index in [1.807, 2.05) is 29.6 Å². The van der Waals surface area contributed by atoms with Gasteiger partial charge in [-0.25, -0.2) is 0 Å². The quantitative estimate of drug-likeness (QED) is 0.851. The lowest BCUT2D eigenvalue weighted by molar-refractivity contribution is 0.0697. The predicted molar refractivity (Wildman–Crippen MR) is 92.3 cm³/mol. The highest BCUT2D eigenvalue weighted by atomic mass is 16.5. The topological polar surface area (TPSA) is 65.2 Å². The number of carbonyl (C=O) groups excluding carboxylic acids is 1. The fourth-order valence-electron chi connectivity index (χ4n) is 4.05. The number of aromatic nitrogens is 4. The minimum Gasteiger partial charge on any atom is -0.376 e. The maximum absolute atomic E-state index is 12.7. The van der Waals surface area contributed by atoms with Gasteiger partial charge in [-0.05, 0) is 25.8 Å². The Bertz CT molecular complexity index is 771. The number of rotatable bonds is 3. The van der Waals surface area contributed by atoms with Gasteiger partial charge in [0.1, 0.15) is 5.69 Å². The molecule has 0 aromatic carbocycles. The number of ether oxygens (including phenoxy) is 1. The Balaban J connectivity index is 1.46. The van der Waals surface area contributed by atoms with Crippen LogP contribution in [0.2, 0.25) is 0 Å². The van der Waals surface area contributed by atoms with E-state index in [0.29, 0.717) is 24.8 Å². The van der Waals surface area contributed by atoms with E-state index in [2.05, 4.69) is 5.10 Å². The standard InChI is InChI=1S/C18H25N5O2/c1-3-23-16(4-8-19-23)18(24)22-9-5-13(6-10-22)17-14-12-25-11-7-15(14)21(2)20-17/h4,8,13H,3,5-7,9-12H2,1-2H3. The number of fused-ring (bicyclic) bond motifs is 1. The summed E-state index contributed by atoms with van der Waals surface area (Å²) in [5, 5.41) is 8.99. The first-order valence-electron chi connectivity index (χ1n) is 9.12. The van der Waals surface area contributed by atoms with Crippen molar-refractivity contribution in [2.45, 2.75) is 45.3 Å². The first-order valence-corrected chi connectivity index (χ1v) is 9.12. The molecule has 0 radical (unpaired) electrons. The third-order valence-corrected chi connectivity index (χ3v) is 5.44. The van der Waals surface area contributed by atoms with Gasteiger partial charge in [-0.15, -0.1) is 0 Å². The van der Waals surface area contributed by atoms with Gasteiger partial charge in [-0.1, -0.05) is 0 Å². The number of nitrogens with zero attached hydrogens (tertiary/aromatic N) is 5. The molecule has 0 spiro atoms. The third kappa shape index (κ3) is 2.86. The first kappa shape index (κ1) is 16.3. The number of hydrogen-bond acceptors (Lipinski definition) is 4. The van der Waals surface area contributed by atoms with E-state index in [0.717, 1.165) is 39.0 Å². The summed E-state index contributed by atoms with van der Waals surface area (Å²) in [6.45, 7) is 5.71. The number of piperidine rings is 1. The van der Waals surface area contributed by atoms with Crippen LogP contribution in [0.4, 0.5) is 0 Å². The lowest BCUT2D eigenvalue weighted by Crippen LogP contribution is -2.39. The van der Waals surface area contributed by atoms with E-state index in [4.69, 9.17) is 9.84 Å². The molecular formula is C18H25N5O2. The van der Waals surface area contributed by atoms with Crippen LogP contribution in [-0.4, -0.2) is 50.1 Å². The van der Waals surface area contributed by atoms with Crippen LogP contribution >= 0.6 is 0 Å². The van der Waals surface area contributed by atoms with Crippen molar-refractivity contribution in [3.63, 3.8) is 0 Å². The molecule has 134 valence electrons. The van der Waals surface area contributed by atoms with Crippen LogP contribution in [0.5, 0.6) is 0 Å². The SMILES string of the molecule is CCn1nccc1C(=O)N1CCC(c2nn(C)c3c2COCC3)CC1. The molecule has 0 saturated carbocycles. The van der Waals surface area contributed by atoms with Crippen molar-refractivity contribution < 1.29 is 9.53 Å². The van der Waals surface area contributed by atoms with Gasteiger partial charge in [-0.2, -0.15) is 10.2 Å². The molecule has 0 N–H and O–H groups in total. The van der Waals surface area contributed by atoms with Crippen LogP contribution in [0.1, 0.15) is 53.1 Å². The maximum atomic E-state index is 12.7. The fourth-order valence-corrected chi connectivity index (χ4v) is 4.05. The van der Waals surface area contributed by atoms with Gasteiger partial charge in [0, 0.05) is 56.5 Å². The van der Waals surface area contributed by atoms with E-state index >= 15 is 0 Å². The Morgan fingerprint density at radius 3 is 2.92 bits per heavy atom. The summed E-state index contributed by atoms with van der Waals surface area (Å²) < 4.78 is 9.43. The highest BCUT2D eigenvalue weighted by Gasteiger charge is 2.30. The van der Waals surface area contributed by atoms with Crippen LogP contribution < -0.4 is 0 Å². The van der Waals surface area contributed by atoms with Gasteiger partial charge >= 0.3 is 0 Å². The van der Waals surface area contributed by atoms with Crippen LogP contribution in [0.3, 0.4) is 0 Å². The number of likely N-dealkylation sites (tertiary alicyclic amines) is 1. The summed E-state index contributed by atoms with van der Waals surface area (Å²) in [5.41, 5.74) is 4.46. The Kier molecular flexibility index (Phi) is 4.33. The molecule has 4 heterocycles. The van der Waals surface area contributed by atoms with E-state index in [1.54, 1.807) is 10.9 Å². The van der Waals surface area contributed by atoms with E-state index in [-0.39, 0.29) is 5.91 Å². The predicted octanol–water partition coefficient (Wildman–Crippen LogP) is 1.73. The number of hydrogen-bond donors (Lipinski definition) is 0. The van der Waals surface area contributed by atoms with Gasteiger partial charge in [0.05, 0.1) is 18.9 Å². The summed E-state index contributed by atoms with van der Waals surface area (Å²) in [7, 11) is 2.03. The average Bonchev–Trinajstić information content (AvgIpc) is 3.26. The van der Waals surface area contributed by atoms with Crippen molar-refractivity contribution in [1.82, 2.24) is 24.5 Å². The molecule has 0 aliphatic carbocycles. The van der Waals surface area contributed by atoms with Gasteiger partial charge in [0.2, 0.25) is 0 Å². The summed E-state index contributed by atoms with van der Waals surface area (Å²) >= 11 is 0. The normalized spacial score (nSPS) is 18.4. The zero-order valence-electron chi connectivity index (χ0n) is 14.9. The van der Waals surface area contributed by atoms with Crippen molar-refractivity contribution in [3.8, 4) is 0 Å². The Hall–Kier alpha value is -2.15. The lowest BCUT2D eigenvalue weighted by atomic mass is 9.90. The van der Waals surface area contributed by atoms with Crippen LogP contribution in [-0.2, 0) is 31.4 Å². The highest BCUT2D eigenvalue weighted by Crippen LogP contribution is 2.33. The number of amides is 1. The van der Waals surface area contributed by atoms with E-state index < -0.39 is 0 Å². The number of aryl methyl sites for hydroxylation is 2. The van der Waals surface area contributed by atoms with E-state index in [1.165, 1.54) is 17.0 Å². The summed E-state index contributed by atoms with van der Waals surface area (Å²) in [4.78, 5) is 14.7. The second kappa shape index (κ2) is 6.63. The molecule has 7 nitrogen and oxygen atoms in total. The average molecular weight is 343 g/mol. The smallest absolute Gasteiger partial charge is 0.272 e. The van der Waals surface area contributed by atoms with Gasteiger partial charge < -0.3 is 9.64 Å². The largest absolute Gasteiger partial charge is 0.376 e. The van der Waals surface area contributed by atoms with E-state index in [9.17, 15) is 4.79 Å². The molecule has 0 bridgehead atoms. The molecule has 1 saturated heterocycles. The number of carbonyl (C=O) groups is 1. The fraction of sp³-hybridized carbons (Fsp3) is 0.611. The minimum absolute atomic E-state index is 0.0872. The van der Waals surface area contributed by atoms with Crippen molar-refractivity contribution >= 4 is 5.91 Å². The molecule has 2 aliphatic rings. The highest BCUT2D eigenvalue weighted by molar-refractivity contribution is 5.92. The van der Waals surface area contributed by atoms with Crippen molar-refractivity contribution in [1.29, 1.82) is 0 Å². The maximum Gasteiger partial charge on any atom is 0.272 e. The van der Waals surface area contributed by atoms with Crippen molar-refractivity contribution in [2.24, 2.45) is 7.05 Å². The summed E-state index contributed by atoms with van der Waals surface area (Å²) in [6.07, 6.45) is 4.55. The minimum atomic E-state index is 0.0872. The molecule has 0 atom stereocenters. The van der Waals surface area contributed by atoms with Gasteiger partial charge in [-0.3, -0.25) is 14.2 Å². The van der Waals surface area contributed by atoms with Crippen molar-refractivity contribution in [2.75, 3.05) is 19.7 Å². The lowest BCUT2D eigenvalue weighted by Gasteiger charge is -2.32. The van der Waals surface area contributed by atoms with Crippen LogP contribution in [0.15, 0.2) is 12.3 Å². The molecule has 0 unspecified atom stereocenters. The molecule has 2 aromatic heterocycles. The Morgan fingerprint density at radius 1 is 1.36 bits per heavy atom. The molecule has 7 heteroatoms. The molecule has 2 aliphatic heterocycles. The third-order valence-electron chi connectivity index (χ3n) is 5.44. The van der Waals surface area contributed by atoms with Gasteiger partial charge in [0.25, 0.3) is 5.91 Å². The monoisotopic (exact) mass is 343 g/mol. The summed E-state index contributed by atoms with van der Waals surface area (Å²) in [5.74, 6) is 0.501. The molecule has 2 aromatic rings. The van der Waals surface area contributed by atoms with Crippen LogP contribution in [0, 0.1) is 0 Å². The molecule has 1 amide bonds. The Labute approximate surface area is 147 Å². The second-order valence-corrected chi connectivity index (χ2v) is 6.84. The summed E-state index contributed by atoms with van der Waals surface area (Å²) in [6, 6.07) is 1.81. The molecular weight excluding hydrogens is 318 g/mol. The molecule has 1 fully saturated rings. The molecule has 4 rings (SSSR count). The zero-order chi connectivity index (χ0) is 17.4. The first-order chi connectivity index (χ1) is 12.2. The van der Waals surface area contributed by atoms with Gasteiger partial charge in [0.15, 0.2) is 0 Å². The van der Waals surface area contributed by atoms with Crippen LogP contribution in [0.25, 0.3) is 0 Å².